The maximum absolute atomic E-state index is 13.2. The fourth-order valence-electron chi connectivity index (χ4n) is 5.18. The van der Waals surface area contributed by atoms with E-state index < -0.39 is 0 Å². The van der Waals surface area contributed by atoms with Crippen molar-refractivity contribution in [3.63, 3.8) is 0 Å². The van der Waals surface area contributed by atoms with Gasteiger partial charge in [-0.3, -0.25) is 4.79 Å². The number of hydrogen-bond acceptors (Lipinski definition) is 3. The van der Waals surface area contributed by atoms with Gasteiger partial charge in [-0.05, 0) is 48.9 Å². The van der Waals surface area contributed by atoms with Gasteiger partial charge in [-0.25, -0.2) is 4.98 Å². The first-order valence-corrected chi connectivity index (χ1v) is 10.5. The number of aromatic nitrogens is 1. The van der Waals surface area contributed by atoms with Gasteiger partial charge in [0.2, 0.25) is 5.91 Å². The van der Waals surface area contributed by atoms with Crippen LogP contribution in [0.5, 0.6) is 0 Å². The summed E-state index contributed by atoms with van der Waals surface area (Å²) in [6.07, 6.45) is 10.6. The number of carbonyl (C=O) groups is 1. The van der Waals surface area contributed by atoms with Crippen molar-refractivity contribution in [1.82, 2.24) is 9.88 Å². The molecule has 28 heavy (non-hydrogen) atoms. The van der Waals surface area contributed by atoms with E-state index in [1.165, 1.54) is 11.1 Å². The van der Waals surface area contributed by atoms with Crippen LogP contribution in [0.1, 0.15) is 36.8 Å². The Kier molecular flexibility index (Phi) is 4.42. The second kappa shape index (κ2) is 7.08. The molecular weight excluding hydrogens is 346 g/mol. The number of carbonyl (C=O) groups excluding carboxylic acids is 1. The summed E-state index contributed by atoms with van der Waals surface area (Å²) in [4.78, 5) is 22.1. The average Bonchev–Trinajstić information content (AvgIpc) is 3.13. The van der Waals surface area contributed by atoms with Crippen molar-refractivity contribution in [1.29, 1.82) is 0 Å². The number of allylic oxidation sites excluding steroid dienone is 1. The third-order valence-corrected chi connectivity index (χ3v) is 6.79. The number of anilines is 1. The minimum absolute atomic E-state index is 0.0937. The molecule has 4 nitrogen and oxygen atoms in total. The zero-order valence-corrected chi connectivity index (χ0v) is 16.3. The first-order valence-electron chi connectivity index (χ1n) is 10.5. The molecule has 1 atom stereocenters. The van der Waals surface area contributed by atoms with Crippen LogP contribution in [0.3, 0.4) is 0 Å². The molecule has 1 aromatic heterocycles. The molecule has 1 unspecified atom stereocenters. The highest BCUT2D eigenvalue weighted by Crippen LogP contribution is 2.43. The molecule has 1 spiro atoms. The highest BCUT2D eigenvalue weighted by molar-refractivity contribution is 5.80. The molecule has 3 heterocycles. The van der Waals surface area contributed by atoms with Crippen molar-refractivity contribution >= 4 is 17.8 Å². The van der Waals surface area contributed by atoms with Crippen LogP contribution in [0.4, 0.5) is 5.82 Å². The molecule has 2 saturated heterocycles. The fourth-order valence-corrected chi connectivity index (χ4v) is 5.18. The number of pyridine rings is 1. The van der Waals surface area contributed by atoms with Gasteiger partial charge in [0.1, 0.15) is 5.82 Å². The van der Waals surface area contributed by atoms with Crippen LogP contribution in [0.15, 0.2) is 54.7 Å². The number of likely N-dealkylation sites (tertiary alicyclic amines) is 1. The normalized spacial score (nSPS) is 23.1. The van der Waals surface area contributed by atoms with Crippen molar-refractivity contribution in [3.8, 4) is 0 Å². The number of hydrogen-bond donors (Lipinski definition) is 0. The van der Waals surface area contributed by atoms with Crippen LogP contribution in [0.2, 0.25) is 0 Å². The van der Waals surface area contributed by atoms with E-state index in [-0.39, 0.29) is 11.3 Å². The van der Waals surface area contributed by atoms with Gasteiger partial charge in [0, 0.05) is 37.8 Å². The zero-order chi connectivity index (χ0) is 19.0. The summed E-state index contributed by atoms with van der Waals surface area (Å²) < 4.78 is 0. The SMILES string of the molecule is O=C(C1CCCN(c2ccccn2)C1)N1CCC2(C=Cc3ccccc32)CC1. The summed E-state index contributed by atoms with van der Waals surface area (Å²) in [5.74, 6) is 1.42. The Bertz CT molecular complexity index is 884. The lowest BCUT2D eigenvalue weighted by atomic mass is 9.74. The maximum Gasteiger partial charge on any atom is 0.227 e. The summed E-state index contributed by atoms with van der Waals surface area (Å²) in [6.45, 7) is 3.50. The number of rotatable bonds is 2. The largest absolute Gasteiger partial charge is 0.356 e. The van der Waals surface area contributed by atoms with E-state index in [2.05, 4.69) is 51.2 Å². The monoisotopic (exact) mass is 373 g/mol. The van der Waals surface area contributed by atoms with E-state index >= 15 is 0 Å². The van der Waals surface area contributed by atoms with Crippen molar-refractivity contribution in [2.24, 2.45) is 5.92 Å². The Labute approximate surface area is 166 Å². The van der Waals surface area contributed by atoms with Crippen LogP contribution in [-0.4, -0.2) is 42.0 Å². The average molecular weight is 374 g/mol. The number of nitrogens with zero attached hydrogens (tertiary/aromatic N) is 3. The van der Waals surface area contributed by atoms with Gasteiger partial charge in [0.05, 0.1) is 5.92 Å². The summed E-state index contributed by atoms with van der Waals surface area (Å²) in [5.41, 5.74) is 2.93. The number of fused-ring (bicyclic) bond motifs is 2. The van der Waals surface area contributed by atoms with Crippen LogP contribution >= 0.6 is 0 Å². The third-order valence-electron chi connectivity index (χ3n) is 6.79. The first kappa shape index (κ1) is 17.5. The van der Waals surface area contributed by atoms with Gasteiger partial charge >= 0.3 is 0 Å². The molecular formula is C24H27N3O. The molecule has 3 aliphatic rings. The van der Waals surface area contributed by atoms with Crippen molar-refractivity contribution in [3.05, 3.63) is 65.9 Å². The van der Waals surface area contributed by atoms with E-state index in [0.717, 1.165) is 57.7 Å². The predicted molar refractivity (Wildman–Crippen MR) is 112 cm³/mol. The molecule has 2 aromatic rings. The lowest BCUT2D eigenvalue weighted by Gasteiger charge is -2.42. The molecule has 0 bridgehead atoms. The summed E-state index contributed by atoms with van der Waals surface area (Å²) in [7, 11) is 0. The van der Waals surface area contributed by atoms with E-state index in [4.69, 9.17) is 0 Å². The quantitative estimate of drug-likeness (QED) is 0.801. The van der Waals surface area contributed by atoms with Gasteiger partial charge in [-0.1, -0.05) is 42.5 Å². The Balaban J connectivity index is 1.25. The summed E-state index contributed by atoms with van der Waals surface area (Å²) in [5, 5.41) is 0. The second-order valence-corrected chi connectivity index (χ2v) is 8.38. The molecule has 1 aromatic carbocycles. The van der Waals surface area contributed by atoms with Crippen molar-refractivity contribution in [2.45, 2.75) is 31.1 Å². The number of amides is 1. The molecule has 1 aliphatic carbocycles. The van der Waals surface area contributed by atoms with Gasteiger partial charge in [-0.2, -0.15) is 0 Å². The summed E-state index contributed by atoms with van der Waals surface area (Å²) in [6, 6.07) is 14.7. The molecule has 2 aliphatic heterocycles. The minimum Gasteiger partial charge on any atom is -0.356 e. The fraction of sp³-hybridized carbons (Fsp3) is 0.417. The Morgan fingerprint density at radius 1 is 1.04 bits per heavy atom. The van der Waals surface area contributed by atoms with E-state index in [0.29, 0.717) is 5.91 Å². The van der Waals surface area contributed by atoms with Crippen LogP contribution < -0.4 is 4.90 Å². The predicted octanol–water partition coefficient (Wildman–Crippen LogP) is 3.89. The van der Waals surface area contributed by atoms with Gasteiger partial charge in [0.15, 0.2) is 0 Å². The first-order chi connectivity index (χ1) is 13.8. The zero-order valence-electron chi connectivity index (χ0n) is 16.3. The van der Waals surface area contributed by atoms with Gasteiger partial charge in [0.25, 0.3) is 0 Å². The topological polar surface area (TPSA) is 36.4 Å². The minimum atomic E-state index is 0.0937. The smallest absolute Gasteiger partial charge is 0.227 e. The van der Waals surface area contributed by atoms with Crippen molar-refractivity contribution in [2.75, 3.05) is 31.1 Å². The third kappa shape index (κ3) is 3.01. The highest BCUT2D eigenvalue weighted by Gasteiger charge is 2.40. The van der Waals surface area contributed by atoms with E-state index in [1.807, 2.05) is 24.4 Å². The molecule has 4 heteroatoms. The Hall–Kier alpha value is -2.62. The molecule has 5 rings (SSSR count). The van der Waals surface area contributed by atoms with Gasteiger partial charge in [-0.15, -0.1) is 0 Å². The molecule has 0 N–H and O–H groups in total. The van der Waals surface area contributed by atoms with Crippen LogP contribution in [0.25, 0.3) is 6.08 Å². The lowest BCUT2D eigenvalue weighted by Crippen LogP contribution is -2.49. The molecule has 0 radical (unpaired) electrons. The Morgan fingerprint density at radius 3 is 2.68 bits per heavy atom. The van der Waals surface area contributed by atoms with Crippen LogP contribution in [0, 0.1) is 5.92 Å². The molecule has 144 valence electrons. The maximum atomic E-state index is 13.2. The molecule has 0 saturated carbocycles. The highest BCUT2D eigenvalue weighted by atomic mass is 16.2. The number of benzene rings is 1. The van der Waals surface area contributed by atoms with Crippen LogP contribution in [-0.2, 0) is 10.2 Å². The number of piperidine rings is 2. The summed E-state index contributed by atoms with van der Waals surface area (Å²) >= 11 is 0. The Morgan fingerprint density at radius 2 is 1.86 bits per heavy atom. The molecule has 2 fully saturated rings. The lowest BCUT2D eigenvalue weighted by molar-refractivity contribution is -0.137. The molecule has 1 amide bonds. The van der Waals surface area contributed by atoms with E-state index in [9.17, 15) is 4.79 Å². The second-order valence-electron chi connectivity index (χ2n) is 8.38. The van der Waals surface area contributed by atoms with Crippen molar-refractivity contribution < 1.29 is 4.79 Å². The van der Waals surface area contributed by atoms with E-state index in [1.54, 1.807) is 0 Å². The standard InChI is InChI=1S/C24H27N3O/c28-23(20-7-5-15-27(18-20)22-9-3-4-14-25-22)26-16-12-24(13-17-26)11-10-19-6-1-2-8-21(19)24/h1-4,6,8-11,14,20H,5,7,12-13,15-18H2. The van der Waals surface area contributed by atoms with Gasteiger partial charge < -0.3 is 9.80 Å².